The van der Waals surface area contributed by atoms with E-state index in [4.69, 9.17) is 6.42 Å². The Morgan fingerprint density at radius 1 is 1.69 bits per heavy atom. The van der Waals surface area contributed by atoms with Crippen LogP contribution < -0.4 is 5.32 Å². The normalized spacial score (nSPS) is 9.85. The molecule has 1 heterocycles. The molecule has 1 rings (SSSR count). The lowest BCUT2D eigenvalue weighted by Gasteiger charge is -2.05. The number of aryl methyl sites for hydroxylation is 1. The molecule has 0 spiro atoms. The van der Waals surface area contributed by atoms with Gasteiger partial charge in [-0.3, -0.25) is 0 Å². The highest BCUT2D eigenvalue weighted by atomic mass is 15.1. The Morgan fingerprint density at radius 2 is 2.54 bits per heavy atom. The molecule has 0 aromatic carbocycles. The molecule has 3 nitrogen and oxygen atoms in total. The van der Waals surface area contributed by atoms with E-state index in [1.165, 1.54) is 5.69 Å². The molecule has 1 aromatic heterocycles. The number of hydrogen-bond donors (Lipinski definition) is 1. The molecule has 0 amide bonds. The quantitative estimate of drug-likeness (QED) is 0.537. The zero-order valence-electron chi connectivity index (χ0n) is 7.95. The lowest BCUT2D eigenvalue weighted by Crippen LogP contribution is -2.16. The van der Waals surface area contributed by atoms with E-state index in [1.807, 2.05) is 12.5 Å². The van der Waals surface area contributed by atoms with E-state index in [9.17, 15) is 0 Å². The van der Waals surface area contributed by atoms with Gasteiger partial charge in [0.1, 0.15) is 0 Å². The third-order valence-corrected chi connectivity index (χ3v) is 1.89. The number of hydrogen-bond acceptors (Lipinski definition) is 2. The Hall–Kier alpha value is -1.27. The SMILES string of the molecule is C#CCCNCc1cncn1CC. The first-order valence-electron chi connectivity index (χ1n) is 4.51. The van der Waals surface area contributed by atoms with Gasteiger partial charge in [-0.1, -0.05) is 0 Å². The minimum Gasteiger partial charge on any atom is -0.334 e. The molecule has 0 radical (unpaired) electrons. The molecule has 1 aromatic rings. The van der Waals surface area contributed by atoms with E-state index in [0.717, 1.165) is 26.1 Å². The lowest BCUT2D eigenvalue weighted by molar-refractivity contribution is 0.634. The van der Waals surface area contributed by atoms with Crippen LogP contribution >= 0.6 is 0 Å². The van der Waals surface area contributed by atoms with Crippen molar-refractivity contribution in [3.8, 4) is 12.3 Å². The van der Waals surface area contributed by atoms with E-state index >= 15 is 0 Å². The van der Waals surface area contributed by atoms with Crippen LogP contribution in [0.25, 0.3) is 0 Å². The van der Waals surface area contributed by atoms with Crippen LogP contribution in [-0.2, 0) is 13.1 Å². The molecule has 0 atom stereocenters. The number of terminal acetylenes is 1. The van der Waals surface area contributed by atoms with E-state index in [-0.39, 0.29) is 0 Å². The molecule has 0 bridgehead atoms. The largest absolute Gasteiger partial charge is 0.334 e. The van der Waals surface area contributed by atoms with Crippen LogP contribution in [0.3, 0.4) is 0 Å². The van der Waals surface area contributed by atoms with Gasteiger partial charge in [0.05, 0.1) is 12.0 Å². The van der Waals surface area contributed by atoms with E-state index < -0.39 is 0 Å². The highest BCUT2D eigenvalue weighted by molar-refractivity contribution is 4.97. The Bertz CT molecular complexity index is 283. The van der Waals surface area contributed by atoms with Crippen LogP contribution in [-0.4, -0.2) is 16.1 Å². The molecular formula is C10H15N3. The average Bonchev–Trinajstić information content (AvgIpc) is 2.60. The first-order chi connectivity index (χ1) is 6.38. The zero-order chi connectivity index (χ0) is 9.52. The monoisotopic (exact) mass is 177 g/mol. The molecule has 0 saturated heterocycles. The first kappa shape index (κ1) is 9.82. The summed E-state index contributed by atoms with van der Waals surface area (Å²) in [5.41, 5.74) is 1.21. The summed E-state index contributed by atoms with van der Waals surface area (Å²) in [5.74, 6) is 2.59. The third kappa shape index (κ3) is 2.92. The van der Waals surface area contributed by atoms with E-state index in [1.54, 1.807) is 0 Å². The number of imidazole rings is 1. The van der Waals surface area contributed by atoms with Crippen LogP contribution in [0.1, 0.15) is 19.0 Å². The summed E-state index contributed by atoms with van der Waals surface area (Å²) in [4.78, 5) is 4.07. The maximum Gasteiger partial charge on any atom is 0.0948 e. The minimum atomic E-state index is 0.778. The summed E-state index contributed by atoms with van der Waals surface area (Å²) in [5, 5.41) is 3.26. The van der Waals surface area contributed by atoms with Crippen LogP contribution in [0.15, 0.2) is 12.5 Å². The summed E-state index contributed by atoms with van der Waals surface area (Å²) < 4.78 is 2.11. The molecule has 13 heavy (non-hydrogen) atoms. The van der Waals surface area contributed by atoms with Gasteiger partial charge in [-0.15, -0.1) is 12.3 Å². The van der Waals surface area contributed by atoms with Crippen LogP contribution in [0.4, 0.5) is 0 Å². The van der Waals surface area contributed by atoms with Crippen molar-refractivity contribution in [1.82, 2.24) is 14.9 Å². The summed E-state index contributed by atoms with van der Waals surface area (Å²) in [6.45, 7) is 4.78. The van der Waals surface area contributed by atoms with Crippen molar-refractivity contribution in [3.05, 3.63) is 18.2 Å². The molecule has 3 heteroatoms. The number of aromatic nitrogens is 2. The molecule has 0 aliphatic heterocycles. The fourth-order valence-electron chi connectivity index (χ4n) is 1.16. The summed E-state index contributed by atoms with van der Waals surface area (Å²) in [6.07, 6.45) is 9.64. The second kappa shape index (κ2) is 5.39. The van der Waals surface area contributed by atoms with Gasteiger partial charge in [-0.25, -0.2) is 4.98 Å². The van der Waals surface area contributed by atoms with Gasteiger partial charge in [0, 0.05) is 32.3 Å². The van der Waals surface area contributed by atoms with E-state index in [2.05, 4.69) is 27.7 Å². The molecule has 0 aliphatic rings. The lowest BCUT2D eigenvalue weighted by atomic mass is 10.4. The van der Waals surface area contributed by atoms with Gasteiger partial charge in [-0.2, -0.15) is 0 Å². The molecule has 0 fully saturated rings. The smallest absolute Gasteiger partial charge is 0.0948 e. The maximum absolute atomic E-state index is 5.14. The van der Waals surface area contributed by atoms with Crippen molar-refractivity contribution in [2.24, 2.45) is 0 Å². The van der Waals surface area contributed by atoms with Gasteiger partial charge < -0.3 is 9.88 Å². The minimum absolute atomic E-state index is 0.778. The Balaban J connectivity index is 2.32. The Kier molecular flexibility index (Phi) is 4.07. The molecule has 0 unspecified atom stereocenters. The highest BCUT2D eigenvalue weighted by Gasteiger charge is 1.97. The molecule has 1 N–H and O–H groups in total. The van der Waals surface area contributed by atoms with Crippen molar-refractivity contribution in [3.63, 3.8) is 0 Å². The van der Waals surface area contributed by atoms with Crippen molar-refractivity contribution in [1.29, 1.82) is 0 Å². The number of nitrogens with zero attached hydrogens (tertiary/aromatic N) is 2. The van der Waals surface area contributed by atoms with Gasteiger partial charge in [0.2, 0.25) is 0 Å². The Labute approximate surface area is 79.2 Å². The fraction of sp³-hybridized carbons (Fsp3) is 0.500. The maximum atomic E-state index is 5.14. The van der Waals surface area contributed by atoms with Gasteiger partial charge in [0.15, 0.2) is 0 Å². The first-order valence-corrected chi connectivity index (χ1v) is 4.51. The summed E-state index contributed by atoms with van der Waals surface area (Å²) in [6, 6.07) is 0. The predicted molar refractivity (Wildman–Crippen MR) is 53.1 cm³/mol. The average molecular weight is 177 g/mol. The highest BCUT2D eigenvalue weighted by Crippen LogP contribution is 1.97. The summed E-state index contributed by atoms with van der Waals surface area (Å²) >= 11 is 0. The third-order valence-electron chi connectivity index (χ3n) is 1.89. The molecule has 70 valence electrons. The van der Waals surface area contributed by atoms with Crippen molar-refractivity contribution in [2.75, 3.05) is 6.54 Å². The van der Waals surface area contributed by atoms with Gasteiger partial charge >= 0.3 is 0 Å². The summed E-state index contributed by atoms with van der Waals surface area (Å²) in [7, 11) is 0. The van der Waals surface area contributed by atoms with E-state index in [0.29, 0.717) is 0 Å². The molecule has 0 saturated carbocycles. The van der Waals surface area contributed by atoms with Crippen LogP contribution in [0.2, 0.25) is 0 Å². The van der Waals surface area contributed by atoms with Gasteiger partial charge in [-0.05, 0) is 6.92 Å². The van der Waals surface area contributed by atoms with Gasteiger partial charge in [0.25, 0.3) is 0 Å². The topological polar surface area (TPSA) is 29.9 Å². The fourth-order valence-corrected chi connectivity index (χ4v) is 1.16. The van der Waals surface area contributed by atoms with Crippen LogP contribution in [0.5, 0.6) is 0 Å². The predicted octanol–water partition coefficient (Wildman–Crippen LogP) is 1.02. The van der Waals surface area contributed by atoms with Crippen molar-refractivity contribution in [2.45, 2.75) is 26.4 Å². The molecular weight excluding hydrogens is 162 g/mol. The Morgan fingerprint density at radius 3 is 3.23 bits per heavy atom. The standard InChI is InChI=1S/C10H15N3/c1-3-5-6-11-7-10-8-12-9-13(10)4-2/h1,8-9,11H,4-7H2,2H3. The second-order valence-corrected chi connectivity index (χ2v) is 2.80. The van der Waals surface area contributed by atoms with Crippen molar-refractivity contribution >= 4 is 0 Å². The van der Waals surface area contributed by atoms with Crippen LogP contribution in [0, 0.1) is 12.3 Å². The zero-order valence-corrected chi connectivity index (χ0v) is 7.95. The van der Waals surface area contributed by atoms with Crippen molar-refractivity contribution < 1.29 is 0 Å². The second-order valence-electron chi connectivity index (χ2n) is 2.80. The molecule has 0 aliphatic carbocycles. The number of rotatable bonds is 5. The number of nitrogens with one attached hydrogen (secondary N) is 1.